The number of anilines is 1. The van der Waals surface area contributed by atoms with Crippen LogP contribution in [-0.2, 0) is 11.4 Å². The van der Waals surface area contributed by atoms with Gasteiger partial charge in [-0.25, -0.2) is 4.39 Å². The quantitative estimate of drug-likeness (QED) is 0.840. The summed E-state index contributed by atoms with van der Waals surface area (Å²) in [5.74, 6) is -0.714. The highest BCUT2D eigenvalue weighted by Gasteiger charge is 2.00. The second-order valence-corrected chi connectivity index (χ2v) is 4.20. The third-order valence-corrected chi connectivity index (χ3v) is 2.72. The summed E-state index contributed by atoms with van der Waals surface area (Å²) < 4.78 is 13.3. The maximum Gasteiger partial charge on any atom is 0.248 e. The lowest BCUT2D eigenvalue weighted by atomic mass is 10.2. The van der Waals surface area contributed by atoms with Gasteiger partial charge in [-0.05, 0) is 29.8 Å². The van der Waals surface area contributed by atoms with Crippen LogP contribution in [-0.4, -0.2) is 11.0 Å². The Bertz CT molecular complexity index is 621. The van der Waals surface area contributed by atoms with Crippen molar-refractivity contribution in [2.24, 2.45) is 0 Å². The van der Waals surface area contributed by atoms with Crippen LogP contribution in [0.5, 0.6) is 0 Å². The number of benzene rings is 2. The minimum absolute atomic E-state index is 0.0403. The maximum atomic E-state index is 13.3. The van der Waals surface area contributed by atoms with Gasteiger partial charge in [0.05, 0.1) is 6.61 Å². The zero-order chi connectivity index (χ0) is 14.4. The molecule has 0 radical (unpaired) electrons. The minimum Gasteiger partial charge on any atom is -0.392 e. The van der Waals surface area contributed by atoms with Gasteiger partial charge in [-0.15, -0.1) is 0 Å². The predicted molar refractivity (Wildman–Crippen MR) is 76.4 cm³/mol. The Morgan fingerprint density at radius 3 is 2.50 bits per heavy atom. The van der Waals surface area contributed by atoms with E-state index < -0.39 is 0 Å². The summed E-state index contributed by atoms with van der Waals surface area (Å²) in [7, 11) is 0. The number of carbonyl (C=O) groups excluding carboxylic acids is 1. The van der Waals surface area contributed by atoms with Crippen molar-refractivity contribution in [3.05, 3.63) is 71.6 Å². The molecule has 3 nitrogen and oxygen atoms in total. The molecule has 2 N–H and O–H groups in total. The number of halogens is 1. The van der Waals surface area contributed by atoms with E-state index in [1.807, 2.05) is 0 Å². The fourth-order valence-electron chi connectivity index (χ4n) is 1.65. The molecule has 0 unspecified atom stereocenters. The number of nitrogens with one attached hydrogen (secondary N) is 1. The fourth-order valence-corrected chi connectivity index (χ4v) is 1.65. The Hall–Kier alpha value is -2.46. The minimum atomic E-state index is -0.371. The Labute approximate surface area is 116 Å². The summed E-state index contributed by atoms with van der Waals surface area (Å²) in [6.07, 6.45) is 2.70. The van der Waals surface area contributed by atoms with Crippen LogP contribution in [0.25, 0.3) is 6.08 Å². The van der Waals surface area contributed by atoms with Gasteiger partial charge in [-0.2, -0.15) is 0 Å². The lowest BCUT2D eigenvalue weighted by molar-refractivity contribution is -0.111. The Kier molecular flexibility index (Phi) is 4.63. The molecule has 2 rings (SSSR count). The van der Waals surface area contributed by atoms with E-state index in [0.717, 1.165) is 5.56 Å². The number of rotatable bonds is 4. The summed E-state index contributed by atoms with van der Waals surface area (Å²) in [6.45, 7) is -0.0403. The molecule has 0 spiro atoms. The number of hydrogen-bond acceptors (Lipinski definition) is 2. The van der Waals surface area contributed by atoms with E-state index in [-0.39, 0.29) is 18.3 Å². The molecule has 0 fully saturated rings. The van der Waals surface area contributed by atoms with Crippen LogP contribution in [0.4, 0.5) is 10.1 Å². The van der Waals surface area contributed by atoms with Crippen molar-refractivity contribution in [3.63, 3.8) is 0 Å². The standard InChI is InChI=1S/C16H14FNO2/c17-15-4-2-1-3-13(15)7-10-16(20)18-14-8-5-12(11-19)6-9-14/h1-10,19H,11H2,(H,18,20). The highest BCUT2D eigenvalue weighted by Crippen LogP contribution is 2.11. The van der Waals surface area contributed by atoms with Crippen molar-refractivity contribution < 1.29 is 14.3 Å². The number of amides is 1. The van der Waals surface area contributed by atoms with Gasteiger partial charge < -0.3 is 10.4 Å². The van der Waals surface area contributed by atoms with E-state index in [0.29, 0.717) is 11.3 Å². The molecule has 4 heteroatoms. The number of hydrogen-bond donors (Lipinski definition) is 2. The van der Waals surface area contributed by atoms with Gasteiger partial charge in [-0.1, -0.05) is 30.3 Å². The monoisotopic (exact) mass is 271 g/mol. The smallest absolute Gasteiger partial charge is 0.248 e. The van der Waals surface area contributed by atoms with Gasteiger partial charge in [0.15, 0.2) is 0 Å². The van der Waals surface area contributed by atoms with Gasteiger partial charge in [0.1, 0.15) is 5.82 Å². The normalized spacial score (nSPS) is 10.7. The van der Waals surface area contributed by atoms with Crippen LogP contribution in [0.15, 0.2) is 54.6 Å². The van der Waals surface area contributed by atoms with E-state index in [1.54, 1.807) is 42.5 Å². The third-order valence-electron chi connectivity index (χ3n) is 2.72. The van der Waals surface area contributed by atoms with Gasteiger partial charge in [0.2, 0.25) is 5.91 Å². The molecular formula is C16H14FNO2. The second kappa shape index (κ2) is 6.63. The second-order valence-electron chi connectivity index (χ2n) is 4.20. The summed E-state index contributed by atoms with van der Waals surface area (Å²) in [4.78, 5) is 11.7. The highest BCUT2D eigenvalue weighted by atomic mass is 19.1. The van der Waals surface area contributed by atoms with Crippen molar-refractivity contribution in [2.75, 3.05) is 5.32 Å². The van der Waals surface area contributed by atoms with Crippen LogP contribution < -0.4 is 5.32 Å². The van der Waals surface area contributed by atoms with Gasteiger partial charge in [0, 0.05) is 17.3 Å². The largest absolute Gasteiger partial charge is 0.392 e. The van der Waals surface area contributed by atoms with Crippen LogP contribution in [0.1, 0.15) is 11.1 Å². The van der Waals surface area contributed by atoms with E-state index in [4.69, 9.17) is 5.11 Å². The molecule has 0 bridgehead atoms. The number of carbonyl (C=O) groups is 1. The molecule has 20 heavy (non-hydrogen) atoms. The molecule has 0 aliphatic rings. The summed E-state index contributed by atoms with van der Waals surface area (Å²) in [5, 5.41) is 11.6. The van der Waals surface area contributed by atoms with E-state index in [2.05, 4.69) is 5.32 Å². The van der Waals surface area contributed by atoms with E-state index >= 15 is 0 Å². The molecule has 0 atom stereocenters. The third kappa shape index (κ3) is 3.76. The molecule has 0 saturated heterocycles. The average Bonchev–Trinajstić information content (AvgIpc) is 2.47. The molecular weight excluding hydrogens is 257 g/mol. The predicted octanol–water partition coefficient (Wildman–Crippen LogP) is 2.97. The number of aliphatic hydroxyl groups is 1. The first-order valence-corrected chi connectivity index (χ1v) is 6.12. The molecule has 2 aromatic carbocycles. The SMILES string of the molecule is O=C(C=Cc1ccccc1F)Nc1ccc(CO)cc1. The molecule has 102 valence electrons. The molecule has 0 aliphatic heterocycles. The van der Waals surface area contributed by atoms with Crippen LogP contribution >= 0.6 is 0 Å². The van der Waals surface area contributed by atoms with Crippen molar-refractivity contribution in [3.8, 4) is 0 Å². The van der Waals surface area contributed by atoms with Gasteiger partial charge in [-0.3, -0.25) is 4.79 Å². The average molecular weight is 271 g/mol. The molecule has 0 saturated carbocycles. The molecule has 0 aliphatic carbocycles. The molecule has 0 heterocycles. The lowest BCUT2D eigenvalue weighted by Crippen LogP contribution is -2.07. The lowest BCUT2D eigenvalue weighted by Gasteiger charge is -2.03. The van der Waals surface area contributed by atoms with Crippen molar-refractivity contribution in [1.82, 2.24) is 0 Å². The first kappa shape index (κ1) is 14.0. The van der Waals surface area contributed by atoms with Crippen LogP contribution in [0, 0.1) is 5.82 Å². The summed E-state index contributed by atoms with van der Waals surface area (Å²) in [5.41, 5.74) is 1.74. The number of aliphatic hydroxyl groups excluding tert-OH is 1. The van der Waals surface area contributed by atoms with E-state index in [9.17, 15) is 9.18 Å². The Morgan fingerprint density at radius 2 is 1.85 bits per heavy atom. The highest BCUT2D eigenvalue weighted by molar-refractivity contribution is 6.01. The fraction of sp³-hybridized carbons (Fsp3) is 0.0625. The van der Waals surface area contributed by atoms with Gasteiger partial charge >= 0.3 is 0 Å². The van der Waals surface area contributed by atoms with Crippen molar-refractivity contribution in [2.45, 2.75) is 6.61 Å². The summed E-state index contributed by atoms with van der Waals surface area (Å²) >= 11 is 0. The molecule has 2 aromatic rings. The van der Waals surface area contributed by atoms with E-state index in [1.165, 1.54) is 18.2 Å². The zero-order valence-electron chi connectivity index (χ0n) is 10.7. The molecule has 0 aromatic heterocycles. The molecule has 1 amide bonds. The topological polar surface area (TPSA) is 49.3 Å². The first-order chi connectivity index (χ1) is 9.69. The van der Waals surface area contributed by atoms with Crippen LogP contribution in [0.3, 0.4) is 0 Å². The maximum absolute atomic E-state index is 13.3. The van der Waals surface area contributed by atoms with Crippen molar-refractivity contribution in [1.29, 1.82) is 0 Å². The zero-order valence-corrected chi connectivity index (χ0v) is 10.7. The first-order valence-electron chi connectivity index (χ1n) is 6.12. The Morgan fingerprint density at radius 1 is 1.15 bits per heavy atom. The Balaban J connectivity index is 2.00. The summed E-state index contributed by atoms with van der Waals surface area (Å²) in [6, 6.07) is 13.1. The van der Waals surface area contributed by atoms with Crippen LogP contribution in [0.2, 0.25) is 0 Å². The van der Waals surface area contributed by atoms with Crippen molar-refractivity contribution >= 4 is 17.7 Å². The van der Waals surface area contributed by atoms with Gasteiger partial charge in [0.25, 0.3) is 0 Å².